The molecule has 0 aliphatic carbocycles. The van der Waals surface area contributed by atoms with Gasteiger partial charge in [0.1, 0.15) is 5.82 Å². The van der Waals surface area contributed by atoms with Crippen LogP contribution in [0.4, 0.5) is 4.39 Å². The van der Waals surface area contributed by atoms with Gasteiger partial charge in [0, 0.05) is 19.7 Å². The smallest absolute Gasteiger partial charge is 0.313 e. The lowest BCUT2D eigenvalue weighted by Gasteiger charge is -2.07. The van der Waals surface area contributed by atoms with E-state index >= 15 is 0 Å². The van der Waals surface area contributed by atoms with Gasteiger partial charge >= 0.3 is 5.97 Å². The molecule has 1 N–H and O–H groups in total. The number of carboxylic acids is 1. The first kappa shape index (κ1) is 15.5. The third-order valence-electron chi connectivity index (χ3n) is 2.60. The average molecular weight is 410 g/mol. The molecule has 0 aliphatic heterocycles. The van der Waals surface area contributed by atoms with Crippen LogP contribution in [0.1, 0.15) is 0 Å². The first-order chi connectivity index (χ1) is 9.52. The van der Waals surface area contributed by atoms with Crippen LogP contribution in [0, 0.1) is 9.39 Å². The molecule has 0 fully saturated rings. The molecule has 1 aromatic carbocycles. The molecule has 1 aromatic heterocycles. The summed E-state index contributed by atoms with van der Waals surface area (Å²) in [6, 6.07) is 3.07. The Morgan fingerprint density at radius 2 is 2.35 bits per heavy atom. The van der Waals surface area contributed by atoms with Crippen LogP contribution in [-0.4, -0.2) is 40.1 Å². The standard InChI is InChI=1S/C12H12FIN2O3S/c1-19-3-2-16-10-4-7(13)8(14)5-9(10)15-12(16)20-6-11(17)18/h4-5H,2-3,6H2,1H3,(H,17,18). The van der Waals surface area contributed by atoms with Gasteiger partial charge in [-0.3, -0.25) is 4.79 Å². The number of halogens is 2. The molecular weight excluding hydrogens is 398 g/mol. The maximum atomic E-state index is 13.7. The third kappa shape index (κ3) is 3.41. The number of aliphatic carboxylic acids is 1. The van der Waals surface area contributed by atoms with E-state index in [-0.39, 0.29) is 11.6 Å². The van der Waals surface area contributed by atoms with Crippen molar-refractivity contribution in [3.63, 3.8) is 0 Å². The summed E-state index contributed by atoms with van der Waals surface area (Å²) in [4.78, 5) is 15.1. The van der Waals surface area contributed by atoms with Crippen LogP contribution < -0.4 is 0 Å². The highest BCUT2D eigenvalue weighted by Gasteiger charge is 2.14. The van der Waals surface area contributed by atoms with Crippen LogP contribution in [-0.2, 0) is 16.1 Å². The summed E-state index contributed by atoms with van der Waals surface area (Å²) < 4.78 is 21.0. The third-order valence-corrected chi connectivity index (χ3v) is 4.39. The fourth-order valence-electron chi connectivity index (χ4n) is 1.73. The fraction of sp³-hybridized carbons (Fsp3) is 0.333. The van der Waals surface area contributed by atoms with Crippen molar-refractivity contribution in [3.05, 3.63) is 21.5 Å². The quantitative estimate of drug-likeness (QED) is 0.586. The monoisotopic (exact) mass is 410 g/mol. The lowest BCUT2D eigenvalue weighted by molar-refractivity contribution is -0.133. The van der Waals surface area contributed by atoms with Crippen LogP contribution >= 0.6 is 34.4 Å². The zero-order chi connectivity index (χ0) is 14.7. The topological polar surface area (TPSA) is 64.3 Å². The zero-order valence-electron chi connectivity index (χ0n) is 10.6. The van der Waals surface area contributed by atoms with E-state index in [9.17, 15) is 9.18 Å². The Morgan fingerprint density at radius 3 is 3.00 bits per heavy atom. The predicted molar refractivity (Wildman–Crippen MR) is 82.6 cm³/mol. The highest BCUT2D eigenvalue weighted by atomic mass is 127. The number of benzene rings is 1. The van der Waals surface area contributed by atoms with Crippen LogP contribution in [0.15, 0.2) is 17.3 Å². The minimum absolute atomic E-state index is 0.0874. The molecule has 2 aromatic rings. The summed E-state index contributed by atoms with van der Waals surface area (Å²) in [6.07, 6.45) is 0. The SMILES string of the molecule is COCCn1c(SCC(=O)O)nc2cc(I)c(F)cc21. The second kappa shape index (κ2) is 6.72. The van der Waals surface area contributed by atoms with Crippen molar-refractivity contribution in [2.24, 2.45) is 0 Å². The molecule has 0 saturated heterocycles. The number of nitrogens with zero attached hydrogens (tertiary/aromatic N) is 2. The minimum atomic E-state index is -0.916. The van der Waals surface area contributed by atoms with Gasteiger partial charge in [0.25, 0.3) is 0 Å². The van der Waals surface area contributed by atoms with E-state index in [1.54, 1.807) is 17.7 Å². The van der Waals surface area contributed by atoms with Gasteiger partial charge in [0.2, 0.25) is 0 Å². The van der Waals surface area contributed by atoms with E-state index in [0.717, 1.165) is 11.8 Å². The van der Waals surface area contributed by atoms with Gasteiger partial charge in [-0.25, -0.2) is 9.37 Å². The van der Waals surface area contributed by atoms with Gasteiger partial charge in [-0.1, -0.05) is 11.8 Å². The lowest BCUT2D eigenvalue weighted by Crippen LogP contribution is -2.07. The van der Waals surface area contributed by atoms with E-state index in [1.165, 1.54) is 6.07 Å². The molecule has 2 rings (SSSR count). The summed E-state index contributed by atoms with van der Waals surface area (Å²) in [5.74, 6) is -1.32. The van der Waals surface area contributed by atoms with Gasteiger partial charge < -0.3 is 14.4 Å². The van der Waals surface area contributed by atoms with Gasteiger partial charge in [-0.15, -0.1) is 0 Å². The number of hydrogen-bond donors (Lipinski definition) is 1. The molecule has 0 bridgehead atoms. The Kier molecular flexibility index (Phi) is 5.22. The molecule has 8 heteroatoms. The van der Waals surface area contributed by atoms with Crippen LogP contribution in [0.25, 0.3) is 11.0 Å². The van der Waals surface area contributed by atoms with E-state index in [4.69, 9.17) is 9.84 Å². The number of ether oxygens (including phenoxy) is 1. The van der Waals surface area contributed by atoms with E-state index in [1.807, 2.05) is 22.6 Å². The van der Waals surface area contributed by atoms with Gasteiger partial charge in [-0.05, 0) is 28.7 Å². The Morgan fingerprint density at radius 1 is 1.60 bits per heavy atom. The molecule has 0 atom stereocenters. The van der Waals surface area contributed by atoms with Gasteiger partial charge in [0.15, 0.2) is 5.16 Å². The van der Waals surface area contributed by atoms with Crippen molar-refractivity contribution in [1.82, 2.24) is 9.55 Å². The molecule has 1 heterocycles. The highest BCUT2D eigenvalue weighted by molar-refractivity contribution is 14.1. The largest absolute Gasteiger partial charge is 0.481 e. The number of hydrogen-bond acceptors (Lipinski definition) is 4. The Bertz CT molecular complexity index is 647. The van der Waals surface area contributed by atoms with E-state index in [0.29, 0.717) is 32.9 Å². The van der Waals surface area contributed by atoms with E-state index in [2.05, 4.69) is 4.98 Å². The summed E-state index contributed by atoms with van der Waals surface area (Å²) >= 11 is 3.02. The highest BCUT2D eigenvalue weighted by Crippen LogP contribution is 2.26. The molecule has 108 valence electrons. The average Bonchev–Trinajstić information content (AvgIpc) is 2.72. The second-order valence-corrected chi connectivity index (χ2v) is 6.08. The fourth-order valence-corrected chi connectivity index (χ4v) is 2.94. The number of thioether (sulfide) groups is 1. The number of rotatable bonds is 6. The van der Waals surface area contributed by atoms with Crippen molar-refractivity contribution in [2.45, 2.75) is 11.7 Å². The number of methoxy groups -OCH3 is 1. The number of aromatic nitrogens is 2. The summed E-state index contributed by atoms with van der Waals surface area (Å²) in [6.45, 7) is 0.939. The molecule has 0 spiro atoms. The van der Waals surface area contributed by atoms with Crippen LogP contribution in [0.5, 0.6) is 0 Å². The number of imidazole rings is 1. The van der Waals surface area contributed by atoms with Crippen molar-refractivity contribution < 1.29 is 19.0 Å². The van der Waals surface area contributed by atoms with E-state index < -0.39 is 5.97 Å². The molecule has 0 saturated carbocycles. The zero-order valence-corrected chi connectivity index (χ0v) is 13.6. The van der Waals surface area contributed by atoms with Crippen molar-refractivity contribution >= 4 is 51.4 Å². The molecule has 0 unspecified atom stereocenters. The summed E-state index contributed by atoms with van der Waals surface area (Å²) in [7, 11) is 1.58. The molecule has 0 amide bonds. The number of carbonyl (C=O) groups is 1. The predicted octanol–water partition coefficient (Wildman–Crippen LogP) is 2.60. The number of fused-ring (bicyclic) bond motifs is 1. The maximum Gasteiger partial charge on any atom is 0.313 e. The second-order valence-electron chi connectivity index (χ2n) is 3.98. The Balaban J connectivity index is 2.45. The van der Waals surface area contributed by atoms with Crippen LogP contribution in [0.2, 0.25) is 0 Å². The van der Waals surface area contributed by atoms with Gasteiger partial charge in [-0.2, -0.15) is 0 Å². The molecule has 5 nitrogen and oxygen atoms in total. The summed E-state index contributed by atoms with van der Waals surface area (Å²) in [5, 5.41) is 9.32. The lowest BCUT2D eigenvalue weighted by atomic mass is 10.3. The first-order valence-electron chi connectivity index (χ1n) is 5.71. The summed E-state index contributed by atoms with van der Waals surface area (Å²) in [5.41, 5.74) is 1.30. The van der Waals surface area contributed by atoms with Crippen molar-refractivity contribution in [2.75, 3.05) is 19.5 Å². The molecule has 0 radical (unpaired) electrons. The molecular formula is C12H12FIN2O3S. The first-order valence-corrected chi connectivity index (χ1v) is 7.78. The maximum absolute atomic E-state index is 13.7. The Hall–Kier alpha value is -0.870. The van der Waals surface area contributed by atoms with Crippen LogP contribution in [0.3, 0.4) is 0 Å². The molecule has 20 heavy (non-hydrogen) atoms. The normalized spacial score (nSPS) is 11.2. The van der Waals surface area contributed by atoms with Crippen molar-refractivity contribution in [1.29, 1.82) is 0 Å². The van der Waals surface area contributed by atoms with Gasteiger partial charge in [0.05, 0.1) is 27.0 Å². The minimum Gasteiger partial charge on any atom is -0.481 e. The Labute approximate surface area is 132 Å². The number of carboxylic acid groups (broad SMARTS) is 1. The molecule has 0 aliphatic rings. The van der Waals surface area contributed by atoms with Crippen molar-refractivity contribution in [3.8, 4) is 0 Å².